The summed E-state index contributed by atoms with van der Waals surface area (Å²) in [5.41, 5.74) is -5.59. The zero-order valence-corrected chi connectivity index (χ0v) is 10.2. The first-order valence-electron chi connectivity index (χ1n) is 4.49. The zero-order chi connectivity index (χ0) is 13.9. The van der Waals surface area contributed by atoms with Gasteiger partial charge in [0.2, 0.25) is 0 Å². The number of aryl methyl sites for hydroxylation is 1. The summed E-state index contributed by atoms with van der Waals surface area (Å²) in [4.78, 5) is 1.66. The summed E-state index contributed by atoms with van der Waals surface area (Å²) < 4.78 is 48.6. The summed E-state index contributed by atoms with van der Waals surface area (Å²) in [6, 6.07) is 3.22. The van der Waals surface area contributed by atoms with Gasteiger partial charge in [-0.05, 0) is 0 Å². The molecule has 1 unspecified atom stereocenters. The van der Waals surface area contributed by atoms with Crippen molar-refractivity contribution in [2.75, 3.05) is 0 Å². The van der Waals surface area contributed by atoms with Crippen molar-refractivity contribution >= 4 is 22.4 Å². The third kappa shape index (κ3) is 2.84. The number of rotatable bonds is 3. The molecule has 0 saturated heterocycles. The van der Waals surface area contributed by atoms with Gasteiger partial charge in [-0.3, -0.25) is 0 Å². The van der Waals surface area contributed by atoms with Crippen LogP contribution < -0.4 is 0 Å². The molecule has 0 fully saturated rings. The summed E-state index contributed by atoms with van der Waals surface area (Å²) >= 11 is 5.56. The van der Waals surface area contributed by atoms with Crippen molar-refractivity contribution in [1.82, 2.24) is 4.98 Å². The van der Waals surface area contributed by atoms with Crippen molar-refractivity contribution in [1.29, 1.82) is 10.5 Å². The van der Waals surface area contributed by atoms with Crippen LogP contribution in [0.3, 0.4) is 0 Å². The number of hydrogen-bond acceptors (Lipinski definition) is 3. The van der Waals surface area contributed by atoms with E-state index in [1.807, 2.05) is 0 Å². The molecule has 1 heterocycles. The number of alkyl halides is 3. The maximum atomic E-state index is 12.4. The lowest BCUT2D eigenvalue weighted by Crippen LogP contribution is -2.18. The van der Waals surface area contributed by atoms with Gasteiger partial charge in [-0.1, -0.05) is 11.6 Å². The van der Waals surface area contributed by atoms with Crippen LogP contribution in [0.15, 0.2) is 4.90 Å². The number of nitrogens with one attached hydrogen (secondary N) is 1. The van der Waals surface area contributed by atoms with E-state index < -0.39 is 26.8 Å². The number of aromatic nitrogens is 1. The number of halogens is 4. The maximum absolute atomic E-state index is 12.4. The molecule has 1 atom stereocenters. The molecule has 9 heteroatoms. The lowest BCUT2D eigenvalue weighted by Gasteiger charge is -2.06. The van der Waals surface area contributed by atoms with Crippen LogP contribution in [-0.2, 0) is 17.2 Å². The lowest BCUT2D eigenvalue weighted by atomic mass is 10.2. The Morgan fingerprint density at radius 2 is 2.00 bits per heavy atom. The molecule has 0 amide bonds. The van der Waals surface area contributed by atoms with Gasteiger partial charge < -0.3 is 4.98 Å². The van der Waals surface area contributed by atoms with E-state index in [4.69, 9.17) is 22.1 Å². The van der Waals surface area contributed by atoms with Gasteiger partial charge >= 0.3 is 5.51 Å². The fourth-order valence-corrected chi connectivity index (χ4v) is 2.53. The van der Waals surface area contributed by atoms with Crippen LogP contribution in [0.2, 0.25) is 5.15 Å². The Balaban J connectivity index is 3.35. The standard InChI is InChI=1S/C9H5ClF3N3OS/c10-8-5(4-15)7(18(17)9(11,12)13)6(16-8)2-1-3-14/h16H,1-2H2. The first-order valence-corrected chi connectivity index (χ1v) is 6.01. The Morgan fingerprint density at radius 1 is 1.39 bits per heavy atom. The first-order chi connectivity index (χ1) is 8.32. The second-order valence-electron chi connectivity index (χ2n) is 3.11. The Labute approximate surface area is 107 Å². The van der Waals surface area contributed by atoms with E-state index >= 15 is 0 Å². The fraction of sp³-hybridized carbons (Fsp3) is 0.333. The number of H-pyrrole nitrogens is 1. The molecule has 0 spiro atoms. The van der Waals surface area contributed by atoms with Crippen LogP contribution >= 0.6 is 11.6 Å². The Morgan fingerprint density at radius 3 is 2.44 bits per heavy atom. The van der Waals surface area contributed by atoms with Crippen molar-refractivity contribution in [3.05, 3.63) is 16.4 Å². The Bertz CT molecular complexity index is 567. The maximum Gasteiger partial charge on any atom is 0.475 e. The van der Waals surface area contributed by atoms with Crippen molar-refractivity contribution in [2.24, 2.45) is 0 Å². The second-order valence-corrected chi connectivity index (χ2v) is 4.89. The lowest BCUT2D eigenvalue weighted by molar-refractivity contribution is -0.0385. The van der Waals surface area contributed by atoms with Gasteiger partial charge in [0.15, 0.2) is 10.8 Å². The molecule has 1 aromatic heterocycles. The van der Waals surface area contributed by atoms with Crippen molar-refractivity contribution in [2.45, 2.75) is 23.2 Å². The Kier molecular flexibility index (Phi) is 4.38. The van der Waals surface area contributed by atoms with Crippen molar-refractivity contribution in [3.8, 4) is 12.1 Å². The van der Waals surface area contributed by atoms with Crippen molar-refractivity contribution in [3.63, 3.8) is 0 Å². The molecule has 0 aliphatic rings. The van der Waals surface area contributed by atoms with Gasteiger partial charge in [-0.25, -0.2) is 4.21 Å². The number of nitriles is 2. The molecule has 0 radical (unpaired) electrons. The van der Waals surface area contributed by atoms with Crippen molar-refractivity contribution < 1.29 is 17.4 Å². The Hall–Kier alpha value is -1.51. The van der Waals surface area contributed by atoms with Gasteiger partial charge in [-0.2, -0.15) is 23.7 Å². The molecule has 4 nitrogen and oxygen atoms in total. The van der Waals surface area contributed by atoms with E-state index in [1.165, 1.54) is 6.07 Å². The third-order valence-corrected chi connectivity index (χ3v) is 3.50. The summed E-state index contributed by atoms with van der Waals surface area (Å²) in [6.07, 6.45) is -0.168. The van der Waals surface area contributed by atoms with Gasteiger partial charge in [0.05, 0.1) is 11.0 Å². The minimum Gasteiger partial charge on any atom is -0.347 e. The monoisotopic (exact) mass is 295 g/mol. The van der Waals surface area contributed by atoms with E-state index in [9.17, 15) is 17.4 Å². The predicted molar refractivity (Wildman–Crippen MR) is 56.9 cm³/mol. The zero-order valence-electron chi connectivity index (χ0n) is 8.64. The molecule has 18 heavy (non-hydrogen) atoms. The molecule has 1 N–H and O–H groups in total. The molecule has 0 saturated carbocycles. The summed E-state index contributed by atoms with van der Waals surface area (Å²) in [5.74, 6) is 0. The second kappa shape index (κ2) is 5.42. The normalized spacial score (nSPS) is 12.8. The summed E-state index contributed by atoms with van der Waals surface area (Å²) in [5, 5.41) is 16.8. The highest BCUT2D eigenvalue weighted by Gasteiger charge is 2.41. The number of hydrogen-bond donors (Lipinski definition) is 1. The van der Waals surface area contributed by atoms with Crippen LogP contribution in [0.25, 0.3) is 0 Å². The summed E-state index contributed by atoms with van der Waals surface area (Å²) in [7, 11) is -3.35. The largest absolute Gasteiger partial charge is 0.475 e. The highest BCUT2D eigenvalue weighted by atomic mass is 35.5. The summed E-state index contributed by atoms with van der Waals surface area (Å²) in [6.45, 7) is 0. The van der Waals surface area contributed by atoms with Crippen LogP contribution in [-0.4, -0.2) is 14.7 Å². The van der Waals surface area contributed by atoms with E-state index in [-0.39, 0.29) is 23.7 Å². The van der Waals surface area contributed by atoms with E-state index in [0.717, 1.165) is 0 Å². The third-order valence-electron chi connectivity index (χ3n) is 1.98. The van der Waals surface area contributed by atoms with Crippen LogP contribution in [0, 0.1) is 22.7 Å². The minimum absolute atomic E-state index is 0.0796. The van der Waals surface area contributed by atoms with Crippen LogP contribution in [0.1, 0.15) is 17.7 Å². The molecule has 0 aliphatic carbocycles. The van der Waals surface area contributed by atoms with E-state index in [1.54, 1.807) is 6.07 Å². The highest BCUT2D eigenvalue weighted by Crippen LogP contribution is 2.34. The smallest absolute Gasteiger partial charge is 0.347 e. The predicted octanol–water partition coefficient (Wildman–Crippen LogP) is 2.62. The quantitative estimate of drug-likeness (QED) is 0.930. The molecule has 0 aromatic carbocycles. The van der Waals surface area contributed by atoms with Gasteiger partial charge in [-0.15, -0.1) is 0 Å². The molecule has 96 valence electrons. The molecular weight excluding hydrogens is 291 g/mol. The van der Waals surface area contributed by atoms with Gasteiger partial charge in [0, 0.05) is 18.5 Å². The average Bonchev–Trinajstić information content (AvgIpc) is 2.60. The minimum atomic E-state index is -4.99. The van der Waals surface area contributed by atoms with Crippen LogP contribution in [0.5, 0.6) is 0 Å². The van der Waals surface area contributed by atoms with Gasteiger partial charge in [0.25, 0.3) is 0 Å². The molecule has 1 rings (SSSR count). The highest BCUT2D eigenvalue weighted by molar-refractivity contribution is 7.86. The number of nitrogens with zero attached hydrogens (tertiary/aromatic N) is 2. The SMILES string of the molecule is N#CCCc1[nH]c(Cl)c(C#N)c1S(=O)C(F)(F)F. The first kappa shape index (κ1) is 14.6. The average molecular weight is 296 g/mol. The number of aromatic amines is 1. The molecule has 0 bridgehead atoms. The van der Waals surface area contributed by atoms with Gasteiger partial charge in [0.1, 0.15) is 16.8 Å². The molecule has 0 aliphatic heterocycles. The molecule has 1 aromatic rings. The molecular formula is C9H5ClF3N3OS. The topological polar surface area (TPSA) is 80.4 Å². The van der Waals surface area contributed by atoms with Crippen LogP contribution in [0.4, 0.5) is 13.2 Å². The van der Waals surface area contributed by atoms with E-state index in [0.29, 0.717) is 0 Å². The van der Waals surface area contributed by atoms with E-state index in [2.05, 4.69) is 4.98 Å². The fourth-order valence-electron chi connectivity index (χ4n) is 1.28.